The third-order valence-electron chi connectivity index (χ3n) is 7.60. The maximum atomic E-state index is 12.5. The van der Waals surface area contributed by atoms with E-state index in [1.807, 2.05) is 18.2 Å². The summed E-state index contributed by atoms with van der Waals surface area (Å²) in [5.74, 6) is 2.08. The molecule has 0 unspecified atom stereocenters. The average molecular weight is 491 g/mol. The summed E-state index contributed by atoms with van der Waals surface area (Å²) >= 11 is 1.79. The molecule has 1 aromatic carbocycles. The van der Waals surface area contributed by atoms with Crippen LogP contribution in [0.2, 0.25) is 0 Å². The molecule has 0 amide bonds. The zero-order chi connectivity index (χ0) is 23.4. The lowest BCUT2D eigenvalue weighted by molar-refractivity contribution is -0.922. The van der Waals surface area contributed by atoms with Gasteiger partial charge in [-0.3, -0.25) is 0 Å². The number of nitrogens with zero attached hydrogens (tertiary/aromatic N) is 2. The predicted molar refractivity (Wildman–Crippen MR) is 134 cm³/mol. The van der Waals surface area contributed by atoms with Gasteiger partial charge in [-0.2, -0.15) is 4.98 Å². The average Bonchev–Trinajstić information content (AvgIpc) is 3.50. The van der Waals surface area contributed by atoms with Crippen LogP contribution in [0.3, 0.4) is 0 Å². The molecule has 0 saturated carbocycles. The number of thiophene rings is 1. The van der Waals surface area contributed by atoms with Crippen molar-refractivity contribution in [3.05, 3.63) is 56.0 Å². The van der Waals surface area contributed by atoms with Crippen LogP contribution in [0.5, 0.6) is 11.6 Å². The second kappa shape index (κ2) is 8.69. The van der Waals surface area contributed by atoms with Crippen LogP contribution in [0.1, 0.15) is 46.7 Å². The number of nitrogens with one attached hydrogen (secondary N) is 1. The van der Waals surface area contributed by atoms with E-state index in [0.717, 1.165) is 97.5 Å². The van der Waals surface area contributed by atoms with Gasteiger partial charge >= 0.3 is 5.63 Å². The van der Waals surface area contributed by atoms with Gasteiger partial charge < -0.3 is 18.8 Å². The van der Waals surface area contributed by atoms with E-state index in [9.17, 15) is 4.79 Å². The van der Waals surface area contributed by atoms with Crippen LogP contribution in [0.4, 0.5) is 0 Å². The SMILES string of the molecule is O=c1oc2cc(Oc3nc(C[NH+]4CCOCC4)nc4sc5c(c34)CCCC5)ccc2c2c1CCC2. The van der Waals surface area contributed by atoms with Crippen molar-refractivity contribution in [2.45, 2.75) is 51.5 Å². The lowest BCUT2D eigenvalue weighted by Gasteiger charge is -2.23. The van der Waals surface area contributed by atoms with E-state index < -0.39 is 0 Å². The van der Waals surface area contributed by atoms with E-state index >= 15 is 0 Å². The largest absolute Gasteiger partial charge is 0.438 e. The minimum Gasteiger partial charge on any atom is -0.438 e. The van der Waals surface area contributed by atoms with Crippen molar-refractivity contribution in [1.82, 2.24) is 9.97 Å². The number of aromatic nitrogens is 2. The normalized spacial score (nSPS) is 18.2. The van der Waals surface area contributed by atoms with Crippen molar-refractivity contribution in [1.29, 1.82) is 0 Å². The lowest BCUT2D eigenvalue weighted by atomic mass is 9.97. The summed E-state index contributed by atoms with van der Waals surface area (Å²) in [4.78, 5) is 26.3. The lowest BCUT2D eigenvalue weighted by Crippen LogP contribution is -3.12. The third-order valence-corrected chi connectivity index (χ3v) is 8.78. The Bertz CT molecular complexity index is 1500. The Hall–Kier alpha value is -2.81. The number of fused-ring (bicyclic) bond motifs is 6. The fourth-order valence-electron chi connectivity index (χ4n) is 5.82. The Morgan fingerprint density at radius 3 is 2.71 bits per heavy atom. The van der Waals surface area contributed by atoms with Gasteiger partial charge in [-0.1, -0.05) is 0 Å². The van der Waals surface area contributed by atoms with Crippen LogP contribution in [0.25, 0.3) is 21.2 Å². The standard InChI is InChI=1S/C27H27N3O4S/c31-27-19-6-3-5-17(19)18-9-8-16(14-21(18)34-27)33-25-24-20-4-1-2-7-22(20)35-26(24)29-23(28-25)15-30-10-12-32-13-11-30/h8-9,14H,1-7,10-13,15H2/p+1. The molecular formula is C27H28N3O4S+. The second-order valence-electron chi connectivity index (χ2n) is 9.84. The minimum absolute atomic E-state index is 0.214. The molecule has 3 aromatic heterocycles. The summed E-state index contributed by atoms with van der Waals surface area (Å²) in [6.45, 7) is 4.25. The zero-order valence-electron chi connectivity index (χ0n) is 19.7. The van der Waals surface area contributed by atoms with Crippen molar-refractivity contribution < 1.29 is 18.8 Å². The van der Waals surface area contributed by atoms with Crippen molar-refractivity contribution in [3.8, 4) is 11.6 Å². The molecule has 0 bridgehead atoms. The van der Waals surface area contributed by atoms with E-state index in [1.165, 1.54) is 28.2 Å². The van der Waals surface area contributed by atoms with Gasteiger partial charge in [0.15, 0.2) is 5.82 Å². The van der Waals surface area contributed by atoms with Crippen molar-refractivity contribution in [3.63, 3.8) is 0 Å². The van der Waals surface area contributed by atoms with Gasteiger partial charge in [0, 0.05) is 21.9 Å². The zero-order valence-corrected chi connectivity index (χ0v) is 20.5. The van der Waals surface area contributed by atoms with Gasteiger partial charge in [-0.15, -0.1) is 11.3 Å². The molecule has 1 N–H and O–H groups in total. The molecule has 2 aliphatic carbocycles. The smallest absolute Gasteiger partial charge is 0.339 e. The van der Waals surface area contributed by atoms with Gasteiger partial charge in [0.1, 0.15) is 35.8 Å². The van der Waals surface area contributed by atoms with Crippen molar-refractivity contribution in [2.24, 2.45) is 0 Å². The first-order valence-corrected chi connectivity index (χ1v) is 13.5. The molecule has 1 saturated heterocycles. The van der Waals surface area contributed by atoms with E-state index in [2.05, 4.69) is 0 Å². The van der Waals surface area contributed by atoms with E-state index in [1.54, 1.807) is 11.3 Å². The molecule has 0 radical (unpaired) electrons. The second-order valence-corrected chi connectivity index (χ2v) is 10.9. The highest BCUT2D eigenvalue weighted by molar-refractivity contribution is 7.18. The maximum Gasteiger partial charge on any atom is 0.339 e. The summed E-state index contributed by atoms with van der Waals surface area (Å²) in [5, 5.41) is 2.07. The highest BCUT2D eigenvalue weighted by Crippen LogP contribution is 2.41. The number of quaternary nitrogens is 1. The molecular weight excluding hydrogens is 462 g/mol. The third kappa shape index (κ3) is 3.84. The van der Waals surface area contributed by atoms with Crippen molar-refractivity contribution >= 4 is 32.5 Å². The number of morpholine rings is 1. The Labute approximate surface area is 206 Å². The van der Waals surface area contributed by atoms with Gasteiger partial charge in [0.2, 0.25) is 5.88 Å². The molecule has 3 aliphatic rings. The molecule has 180 valence electrons. The van der Waals surface area contributed by atoms with E-state index in [4.69, 9.17) is 23.9 Å². The molecule has 4 aromatic rings. The van der Waals surface area contributed by atoms with E-state index in [-0.39, 0.29) is 5.63 Å². The Morgan fingerprint density at radius 2 is 1.80 bits per heavy atom. The number of hydrogen-bond acceptors (Lipinski definition) is 7. The van der Waals surface area contributed by atoms with Crippen LogP contribution in [0.15, 0.2) is 27.4 Å². The maximum absolute atomic E-state index is 12.5. The summed E-state index contributed by atoms with van der Waals surface area (Å²) in [5.41, 5.74) is 3.69. The first-order chi connectivity index (χ1) is 17.2. The number of ether oxygens (including phenoxy) is 2. The fraction of sp³-hybridized carbons (Fsp3) is 0.444. The summed E-state index contributed by atoms with van der Waals surface area (Å²) in [6, 6.07) is 5.84. The molecule has 35 heavy (non-hydrogen) atoms. The summed E-state index contributed by atoms with van der Waals surface area (Å²) in [7, 11) is 0. The quantitative estimate of drug-likeness (QED) is 0.442. The first kappa shape index (κ1) is 21.5. The number of hydrogen-bond donors (Lipinski definition) is 1. The highest BCUT2D eigenvalue weighted by atomic mass is 32.1. The van der Waals surface area contributed by atoms with Crippen molar-refractivity contribution in [2.75, 3.05) is 26.3 Å². The van der Waals surface area contributed by atoms with Gasteiger partial charge in [-0.25, -0.2) is 9.78 Å². The molecule has 4 heterocycles. The Balaban J connectivity index is 1.31. The van der Waals surface area contributed by atoms with E-state index in [0.29, 0.717) is 17.2 Å². The Morgan fingerprint density at radius 1 is 0.971 bits per heavy atom. The van der Waals surface area contributed by atoms with Gasteiger partial charge in [0.05, 0.1) is 18.6 Å². The monoisotopic (exact) mass is 490 g/mol. The Kier molecular flexibility index (Phi) is 5.33. The topological polar surface area (TPSA) is 78.9 Å². The molecule has 8 heteroatoms. The molecule has 0 atom stereocenters. The van der Waals surface area contributed by atoms with Gasteiger partial charge in [0.25, 0.3) is 0 Å². The molecule has 1 fully saturated rings. The molecule has 0 spiro atoms. The predicted octanol–water partition coefficient (Wildman–Crippen LogP) is 3.37. The van der Waals surface area contributed by atoms with Crippen LogP contribution >= 0.6 is 11.3 Å². The fourth-order valence-corrected chi connectivity index (χ4v) is 7.09. The van der Waals surface area contributed by atoms with Crippen LogP contribution in [-0.2, 0) is 37.0 Å². The number of benzene rings is 1. The summed E-state index contributed by atoms with van der Waals surface area (Å²) in [6.07, 6.45) is 7.30. The molecule has 7 nitrogen and oxygen atoms in total. The minimum atomic E-state index is -0.214. The summed E-state index contributed by atoms with van der Waals surface area (Å²) < 4.78 is 17.7. The first-order valence-electron chi connectivity index (χ1n) is 12.7. The van der Waals surface area contributed by atoms with Gasteiger partial charge in [-0.05, 0) is 68.2 Å². The highest BCUT2D eigenvalue weighted by Gasteiger charge is 2.25. The van der Waals surface area contributed by atoms with Crippen LogP contribution in [0, 0.1) is 0 Å². The molecule has 7 rings (SSSR count). The van der Waals surface area contributed by atoms with Crippen LogP contribution in [-0.4, -0.2) is 36.3 Å². The molecule has 1 aliphatic heterocycles. The van der Waals surface area contributed by atoms with Crippen LogP contribution < -0.4 is 15.3 Å². The number of rotatable bonds is 4. The number of aryl methyl sites for hydroxylation is 3.